The first-order valence-corrected chi connectivity index (χ1v) is 11.1. The largest absolute Gasteiger partial charge is 0.394 e. The van der Waals surface area contributed by atoms with Crippen LogP contribution in [0.5, 0.6) is 0 Å². The van der Waals surface area contributed by atoms with Crippen LogP contribution in [0.3, 0.4) is 0 Å². The van der Waals surface area contributed by atoms with Crippen LogP contribution >= 0.6 is 11.6 Å². The van der Waals surface area contributed by atoms with Gasteiger partial charge in [0.05, 0.1) is 29.1 Å². The maximum absolute atomic E-state index is 13.5. The second kappa shape index (κ2) is 9.74. The van der Waals surface area contributed by atoms with Gasteiger partial charge in [-0.05, 0) is 35.7 Å². The van der Waals surface area contributed by atoms with Crippen molar-refractivity contribution in [2.75, 3.05) is 11.9 Å². The number of hydrogen-bond acceptors (Lipinski definition) is 6. The summed E-state index contributed by atoms with van der Waals surface area (Å²) >= 11 is 5.88. The van der Waals surface area contributed by atoms with Gasteiger partial charge in [-0.15, -0.1) is 0 Å². The number of rotatable bonds is 7. The van der Waals surface area contributed by atoms with E-state index in [4.69, 9.17) is 11.6 Å². The molecule has 0 radical (unpaired) electrons. The number of aliphatic hydroxyl groups excluding tert-OH is 1. The van der Waals surface area contributed by atoms with E-state index in [2.05, 4.69) is 34.2 Å². The van der Waals surface area contributed by atoms with Crippen LogP contribution in [0.15, 0.2) is 59.7 Å². The Balaban J connectivity index is 1.61. The first-order chi connectivity index (χ1) is 16.3. The molecule has 3 heterocycles. The van der Waals surface area contributed by atoms with E-state index in [1.165, 1.54) is 28.8 Å². The van der Waals surface area contributed by atoms with Crippen LogP contribution in [0, 0.1) is 5.82 Å². The Morgan fingerprint density at radius 2 is 1.97 bits per heavy atom. The van der Waals surface area contributed by atoms with Crippen LogP contribution < -0.4 is 10.9 Å². The van der Waals surface area contributed by atoms with Crippen LogP contribution in [0.2, 0.25) is 5.02 Å². The predicted molar refractivity (Wildman–Crippen MR) is 129 cm³/mol. The summed E-state index contributed by atoms with van der Waals surface area (Å²) in [6.07, 6.45) is 3.17. The highest BCUT2D eigenvalue weighted by Gasteiger charge is 2.17. The van der Waals surface area contributed by atoms with Crippen LogP contribution in [-0.4, -0.2) is 36.0 Å². The number of pyridine rings is 1. The fourth-order valence-corrected chi connectivity index (χ4v) is 3.75. The first-order valence-electron chi connectivity index (χ1n) is 10.7. The Morgan fingerprint density at radius 3 is 2.62 bits per heavy atom. The average Bonchev–Trinajstić information content (AvgIpc) is 3.18. The highest BCUT2D eigenvalue weighted by atomic mass is 35.5. The Kier molecular flexibility index (Phi) is 6.76. The second-order valence-corrected chi connectivity index (χ2v) is 8.56. The zero-order chi connectivity index (χ0) is 24.4. The van der Waals surface area contributed by atoms with Crippen molar-refractivity contribution in [3.63, 3.8) is 0 Å². The highest BCUT2D eigenvalue weighted by molar-refractivity contribution is 6.30. The topological polar surface area (TPSA) is 97.9 Å². The Labute approximate surface area is 200 Å². The normalized spacial score (nSPS) is 12.2. The summed E-state index contributed by atoms with van der Waals surface area (Å²) in [5.74, 6) is 0.841. The van der Waals surface area contributed by atoms with E-state index in [-0.39, 0.29) is 23.1 Å². The molecule has 0 bridgehead atoms. The zero-order valence-electron chi connectivity index (χ0n) is 18.9. The number of anilines is 2. The molecule has 0 saturated heterocycles. The highest BCUT2D eigenvalue weighted by Crippen LogP contribution is 2.24. The summed E-state index contributed by atoms with van der Waals surface area (Å²) in [6, 6.07) is 10.2. The lowest BCUT2D eigenvalue weighted by atomic mass is 10.1. The van der Waals surface area contributed by atoms with Gasteiger partial charge >= 0.3 is 0 Å². The minimum Gasteiger partial charge on any atom is -0.394 e. The van der Waals surface area contributed by atoms with Gasteiger partial charge in [0.15, 0.2) is 0 Å². The van der Waals surface area contributed by atoms with E-state index in [0.29, 0.717) is 22.8 Å². The van der Waals surface area contributed by atoms with Crippen LogP contribution in [0.4, 0.5) is 16.2 Å². The maximum Gasteiger partial charge on any atom is 0.251 e. The van der Waals surface area contributed by atoms with Crippen LogP contribution in [0.25, 0.3) is 11.3 Å². The van der Waals surface area contributed by atoms with Gasteiger partial charge in [0.2, 0.25) is 5.95 Å². The SMILES string of the molecule is CC(C)c1cc(Nc2nccc(-c3ccn(C(CO)c4ccc(F)c(Cl)c4)c(=O)c3)n2)n(C)n1. The van der Waals surface area contributed by atoms with Gasteiger partial charge in [-0.25, -0.2) is 14.4 Å². The molecule has 1 atom stereocenters. The molecule has 34 heavy (non-hydrogen) atoms. The van der Waals surface area contributed by atoms with Crippen molar-refractivity contribution in [2.45, 2.75) is 25.8 Å². The molecule has 1 aromatic carbocycles. The summed E-state index contributed by atoms with van der Waals surface area (Å²) in [5, 5.41) is 17.5. The third-order valence-electron chi connectivity index (χ3n) is 5.47. The summed E-state index contributed by atoms with van der Waals surface area (Å²) < 4.78 is 16.6. The predicted octanol–water partition coefficient (Wildman–Crippen LogP) is 4.28. The van der Waals surface area contributed by atoms with Gasteiger partial charge in [0, 0.05) is 37.1 Å². The summed E-state index contributed by atoms with van der Waals surface area (Å²) in [7, 11) is 1.84. The van der Waals surface area contributed by atoms with Gasteiger partial charge in [0.1, 0.15) is 11.6 Å². The van der Waals surface area contributed by atoms with Crippen molar-refractivity contribution < 1.29 is 9.50 Å². The van der Waals surface area contributed by atoms with Crippen molar-refractivity contribution in [1.82, 2.24) is 24.3 Å². The number of benzene rings is 1. The number of hydrogen-bond donors (Lipinski definition) is 2. The number of nitrogens with zero attached hydrogens (tertiary/aromatic N) is 5. The van der Waals surface area contributed by atoms with E-state index >= 15 is 0 Å². The van der Waals surface area contributed by atoms with Gasteiger partial charge in [0.25, 0.3) is 5.56 Å². The van der Waals surface area contributed by atoms with Crippen molar-refractivity contribution in [2.24, 2.45) is 7.05 Å². The fraction of sp³-hybridized carbons (Fsp3) is 0.250. The quantitative estimate of drug-likeness (QED) is 0.408. The molecule has 8 nitrogen and oxygen atoms in total. The van der Waals surface area contributed by atoms with Gasteiger partial charge in [-0.3, -0.25) is 9.48 Å². The maximum atomic E-state index is 13.5. The Hall–Kier alpha value is -3.56. The van der Waals surface area contributed by atoms with E-state index in [1.807, 2.05) is 13.1 Å². The number of nitrogens with one attached hydrogen (secondary N) is 1. The minimum atomic E-state index is -0.706. The van der Waals surface area contributed by atoms with Crippen molar-refractivity contribution in [3.8, 4) is 11.3 Å². The van der Waals surface area contributed by atoms with Gasteiger partial charge < -0.3 is 15.0 Å². The molecule has 0 saturated carbocycles. The molecule has 3 aromatic heterocycles. The number of aliphatic hydroxyl groups is 1. The van der Waals surface area contributed by atoms with E-state index in [1.54, 1.807) is 29.2 Å². The van der Waals surface area contributed by atoms with Crippen molar-refractivity contribution >= 4 is 23.4 Å². The lowest BCUT2D eigenvalue weighted by Crippen LogP contribution is -2.26. The summed E-state index contributed by atoms with van der Waals surface area (Å²) in [4.78, 5) is 21.7. The third kappa shape index (κ3) is 4.85. The molecule has 4 aromatic rings. The monoisotopic (exact) mass is 482 g/mol. The standard InChI is InChI=1S/C24H24ClFN6O2/c1-14(2)20-12-22(31(3)30-20)29-24-27-8-6-19(28-24)15-7-9-32(23(34)11-15)21(13-33)16-4-5-18(26)17(25)10-16/h4-12,14,21,33H,13H2,1-3H3,(H,27,28,29). The molecule has 10 heteroatoms. The molecular weight excluding hydrogens is 459 g/mol. The van der Waals surface area contributed by atoms with Gasteiger partial charge in [-0.1, -0.05) is 31.5 Å². The molecule has 0 fully saturated rings. The Morgan fingerprint density at radius 1 is 1.18 bits per heavy atom. The van der Waals surface area contributed by atoms with Crippen LogP contribution in [0.1, 0.15) is 37.1 Å². The van der Waals surface area contributed by atoms with E-state index in [9.17, 15) is 14.3 Å². The molecule has 0 aliphatic rings. The molecule has 1 unspecified atom stereocenters. The molecule has 2 N–H and O–H groups in total. The number of aryl methyl sites for hydroxylation is 1. The number of halogens is 2. The second-order valence-electron chi connectivity index (χ2n) is 8.16. The smallest absolute Gasteiger partial charge is 0.251 e. The Bertz CT molecular complexity index is 1380. The average molecular weight is 483 g/mol. The van der Waals surface area contributed by atoms with Crippen molar-refractivity contribution in [3.05, 3.63) is 87.3 Å². The lowest BCUT2D eigenvalue weighted by molar-refractivity contribution is 0.247. The zero-order valence-corrected chi connectivity index (χ0v) is 19.7. The fourth-order valence-electron chi connectivity index (χ4n) is 3.56. The summed E-state index contributed by atoms with van der Waals surface area (Å²) in [5.41, 5.74) is 2.27. The third-order valence-corrected chi connectivity index (χ3v) is 5.76. The number of aromatic nitrogens is 5. The lowest BCUT2D eigenvalue weighted by Gasteiger charge is -2.18. The van der Waals surface area contributed by atoms with Crippen molar-refractivity contribution in [1.29, 1.82) is 0 Å². The first kappa shape index (κ1) is 23.6. The van der Waals surface area contributed by atoms with E-state index < -0.39 is 11.9 Å². The molecule has 0 aliphatic carbocycles. The summed E-state index contributed by atoms with van der Waals surface area (Å²) in [6.45, 7) is 3.78. The minimum absolute atomic E-state index is 0.0735. The molecule has 0 spiro atoms. The molecular formula is C24H24ClFN6O2. The molecule has 4 rings (SSSR count). The van der Waals surface area contributed by atoms with E-state index in [0.717, 1.165) is 11.5 Å². The van der Waals surface area contributed by atoms with Crippen LogP contribution in [-0.2, 0) is 7.05 Å². The van der Waals surface area contributed by atoms with Gasteiger partial charge in [-0.2, -0.15) is 5.10 Å². The molecule has 0 amide bonds. The molecule has 0 aliphatic heterocycles. The molecule has 176 valence electrons.